The quantitative estimate of drug-likeness (QED) is 0.682. The Hall–Kier alpha value is -2.39. The van der Waals surface area contributed by atoms with Crippen molar-refractivity contribution in [3.63, 3.8) is 0 Å². The number of nitrogens with zero attached hydrogens (tertiary/aromatic N) is 7. The van der Waals surface area contributed by atoms with E-state index in [1.54, 1.807) is 29.8 Å². The number of rotatable bonds is 4. The summed E-state index contributed by atoms with van der Waals surface area (Å²) >= 11 is 1.55. The van der Waals surface area contributed by atoms with Crippen LogP contribution in [-0.2, 0) is 6.54 Å². The molecule has 0 unspecified atom stereocenters. The third-order valence-electron chi connectivity index (χ3n) is 4.83. The van der Waals surface area contributed by atoms with Gasteiger partial charge < -0.3 is 4.90 Å². The van der Waals surface area contributed by atoms with Crippen molar-refractivity contribution in [2.75, 3.05) is 31.1 Å². The van der Waals surface area contributed by atoms with Gasteiger partial charge in [-0.05, 0) is 18.9 Å². The van der Waals surface area contributed by atoms with Gasteiger partial charge in [0.25, 0.3) is 5.56 Å². The third kappa shape index (κ3) is 3.08. The van der Waals surface area contributed by atoms with Gasteiger partial charge in [0, 0.05) is 57.1 Å². The Bertz CT molecular complexity index is 974. The van der Waals surface area contributed by atoms with Gasteiger partial charge in [0.1, 0.15) is 5.01 Å². The largest absolute Gasteiger partial charge is 0.338 e. The van der Waals surface area contributed by atoms with Gasteiger partial charge in [0.2, 0.25) is 10.9 Å². The van der Waals surface area contributed by atoms with Gasteiger partial charge in [-0.25, -0.2) is 15.0 Å². The van der Waals surface area contributed by atoms with Crippen LogP contribution >= 0.6 is 11.3 Å². The van der Waals surface area contributed by atoms with Gasteiger partial charge in [-0.1, -0.05) is 11.3 Å². The first-order chi connectivity index (χ1) is 12.8. The van der Waals surface area contributed by atoms with E-state index in [1.165, 1.54) is 17.4 Å². The van der Waals surface area contributed by atoms with E-state index in [4.69, 9.17) is 0 Å². The highest BCUT2D eigenvalue weighted by atomic mass is 32.1. The summed E-state index contributed by atoms with van der Waals surface area (Å²) < 4.78 is 1.45. The second-order valence-corrected chi connectivity index (χ2v) is 7.79. The average Bonchev–Trinajstić information content (AvgIpc) is 3.43. The maximum Gasteiger partial charge on any atom is 0.275 e. The number of hydrogen-bond donors (Lipinski definition) is 0. The number of piperazine rings is 1. The summed E-state index contributed by atoms with van der Waals surface area (Å²) in [5.74, 6) is 1.32. The molecule has 26 heavy (non-hydrogen) atoms. The van der Waals surface area contributed by atoms with Gasteiger partial charge >= 0.3 is 0 Å². The normalized spacial score (nSPS) is 18.5. The minimum Gasteiger partial charge on any atom is -0.338 e. The molecule has 0 N–H and O–H groups in total. The molecule has 3 aromatic rings. The molecule has 1 saturated carbocycles. The average molecular weight is 369 g/mol. The topological polar surface area (TPSA) is 79.5 Å². The Morgan fingerprint density at radius 1 is 1.12 bits per heavy atom. The van der Waals surface area contributed by atoms with E-state index in [1.807, 2.05) is 6.07 Å². The zero-order valence-corrected chi connectivity index (χ0v) is 15.1. The summed E-state index contributed by atoms with van der Waals surface area (Å²) in [5.41, 5.74) is 0.745. The first-order valence-corrected chi connectivity index (χ1v) is 9.72. The fraction of sp³-hybridized carbons (Fsp3) is 0.471. The van der Waals surface area contributed by atoms with Crippen LogP contribution in [0.4, 0.5) is 5.95 Å². The molecular weight excluding hydrogens is 350 g/mol. The van der Waals surface area contributed by atoms with Crippen molar-refractivity contribution in [3.05, 3.63) is 45.6 Å². The van der Waals surface area contributed by atoms with Crippen molar-refractivity contribution < 1.29 is 0 Å². The highest BCUT2D eigenvalue weighted by Crippen LogP contribution is 2.41. The van der Waals surface area contributed by atoms with Crippen molar-refractivity contribution in [1.29, 1.82) is 0 Å². The molecule has 2 aliphatic rings. The molecule has 0 radical (unpaired) electrons. The smallest absolute Gasteiger partial charge is 0.275 e. The molecule has 1 aliphatic carbocycles. The molecule has 5 rings (SSSR count). The van der Waals surface area contributed by atoms with E-state index in [0.717, 1.165) is 42.8 Å². The fourth-order valence-electron chi connectivity index (χ4n) is 3.24. The molecule has 1 saturated heterocycles. The molecular formula is C17H19N7OS. The standard InChI is InChI=1S/C17H19N7OS/c25-14-10-13(20-17-24(14)21-15(26-17)12-2-3-12)11-22-6-8-23(9-7-22)16-18-4-1-5-19-16/h1,4-5,10,12H,2-3,6-9,11H2. The van der Waals surface area contributed by atoms with Crippen LogP contribution in [0.2, 0.25) is 0 Å². The van der Waals surface area contributed by atoms with Crippen LogP contribution in [0.1, 0.15) is 29.5 Å². The van der Waals surface area contributed by atoms with Crippen LogP contribution in [-0.4, -0.2) is 55.6 Å². The van der Waals surface area contributed by atoms with Crippen LogP contribution < -0.4 is 10.5 Å². The highest BCUT2D eigenvalue weighted by molar-refractivity contribution is 7.16. The number of anilines is 1. The summed E-state index contributed by atoms with van der Waals surface area (Å²) in [5, 5.41) is 5.48. The van der Waals surface area contributed by atoms with E-state index in [2.05, 4.69) is 29.9 Å². The van der Waals surface area contributed by atoms with Crippen molar-refractivity contribution in [2.24, 2.45) is 0 Å². The molecule has 3 aromatic heterocycles. The van der Waals surface area contributed by atoms with Gasteiger partial charge in [-0.15, -0.1) is 0 Å². The molecule has 0 amide bonds. The van der Waals surface area contributed by atoms with E-state index < -0.39 is 0 Å². The van der Waals surface area contributed by atoms with Crippen LogP contribution in [0.3, 0.4) is 0 Å². The summed E-state index contributed by atoms with van der Waals surface area (Å²) in [7, 11) is 0. The lowest BCUT2D eigenvalue weighted by atomic mass is 10.3. The fourth-order valence-corrected chi connectivity index (χ4v) is 4.33. The zero-order valence-electron chi connectivity index (χ0n) is 14.3. The van der Waals surface area contributed by atoms with Crippen LogP contribution in [0, 0.1) is 0 Å². The molecule has 8 nitrogen and oxygen atoms in total. The van der Waals surface area contributed by atoms with Crippen LogP contribution in [0.25, 0.3) is 4.96 Å². The molecule has 134 valence electrons. The monoisotopic (exact) mass is 369 g/mol. The number of aromatic nitrogens is 5. The van der Waals surface area contributed by atoms with Crippen LogP contribution in [0.5, 0.6) is 0 Å². The molecule has 9 heteroatoms. The van der Waals surface area contributed by atoms with Crippen molar-refractivity contribution >= 4 is 22.2 Å². The van der Waals surface area contributed by atoms with E-state index in [0.29, 0.717) is 17.4 Å². The minimum atomic E-state index is -0.0792. The first-order valence-electron chi connectivity index (χ1n) is 8.90. The van der Waals surface area contributed by atoms with E-state index in [9.17, 15) is 4.79 Å². The summed E-state index contributed by atoms with van der Waals surface area (Å²) in [6.45, 7) is 4.23. The molecule has 0 bridgehead atoms. The Morgan fingerprint density at radius 2 is 1.88 bits per heavy atom. The molecule has 4 heterocycles. The van der Waals surface area contributed by atoms with Gasteiger partial charge in [0.15, 0.2) is 0 Å². The van der Waals surface area contributed by atoms with Crippen LogP contribution in [0.15, 0.2) is 29.3 Å². The lowest BCUT2D eigenvalue weighted by Crippen LogP contribution is -2.46. The summed E-state index contributed by atoms with van der Waals surface area (Å²) in [4.78, 5) is 30.9. The third-order valence-corrected chi connectivity index (χ3v) is 5.90. The molecule has 2 fully saturated rings. The summed E-state index contributed by atoms with van der Waals surface area (Å²) in [6, 6.07) is 3.45. The molecule has 0 spiro atoms. The SMILES string of the molecule is O=c1cc(CN2CCN(c3ncccn3)CC2)nc2sc(C3CC3)nn12. The number of fused-ring (bicyclic) bond motifs is 1. The Morgan fingerprint density at radius 3 is 2.62 bits per heavy atom. The Labute approximate surface area is 154 Å². The molecule has 0 atom stereocenters. The highest BCUT2D eigenvalue weighted by Gasteiger charge is 2.28. The van der Waals surface area contributed by atoms with Crippen molar-refractivity contribution in [1.82, 2.24) is 29.5 Å². The zero-order chi connectivity index (χ0) is 17.5. The Balaban J connectivity index is 1.29. The van der Waals surface area contributed by atoms with Gasteiger partial charge in [-0.2, -0.15) is 9.61 Å². The predicted molar refractivity (Wildman–Crippen MR) is 98.6 cm³/mol. The molecule has 1 aliphatic heterocycles. The van der Waals surface area contributed by atoms with Crippen molar-refractivity contribution in [2.45, 2.75) is 25.3 Å². The predicted octanol–water partition coefficient (Wildman–Crippen LogP) is 1.14. The van der Waals surface area contributed by atoms with E-state index in [-0.39, 0.29) is 5.56 Å². The number of hydrogen-bond acceptors (Lipinski definition) is 8. The second kappa shape index (κ2) is 6.40. The lowest BCUT2D eigenvalue weighted by Gasteiger charge is -2.34. The summed E-state index contributed by atoms with van der Waals surface area (Å²) in [6.07, 6.45) is 5.90. The van der Waals surface area contributed by atoms with E-state index >= 15 is 0 Å². The molecule has 0 aromatic carbocycles. The first kappa shape index (κ1) is 15.8. The minimum absolute atomic E-state index is 0.0792. The second-order valence-electron chi connectivity index (χ2n) is 6.81. The Kier molecular flexibility index (Phi) is 3.90. The lowest BCUT2D eigenvalue weighted by molar-refractivity contribution is 0.246. The van der Waals surface area contributed by atoms with Gasteiger partial charge in [-0.3, -0.25) is 9.69 Å². The van der Waals surface area contributed by atoms with Gasteiger partial charge in [0.05, 0.1) is 5.69 Å². The van der Waals surface area contributed by atoms with Crippen molar-refractivity contribution in [3.8, 4) is 0 Å². The maximum atomic E-state index is 12.4. The maximum absolute atomic E-state index is 12.4.